The van der Waals surface area contributed by atoms with Gasteiger partial charge in [-0.15, -0.1) is 11.3 Å². The lowest BCUT2D eigenvalue weighted by Gasteiger charge is -2.22. The Morgan fingerprint density at radius 2 is 2.28 bits per heavy atom. The number of hydrogen-bond donors (Lipinski definition) is 1. The van der Waals surface area contributed by atoms with Crippen molar-refractivity contribution in [1.29, 1.82) is 5.26 Å². The summed E-state index contributed by atoms with van der Waals surface area (Å²) in [6.07, 6.45) is 8.79. The summed E-state index contributed by atoms with van der Waals surface area (Å²) in [6.45, 7) is 0. The van der Waals surface area contributed by atoms with Gasteiger partial charge in [0.1, 0.15) is 16.6 Å². The number of amides is 1. The van der Waals surface area contributed by atoms with Gasteiger partial charge in [0, 0.05) is 17.6 Å². The van der Waals surface area contributed by atoms with Crippen molar-refractivity contribution in [1.82, 2.24) is 10.3 Å². The van der Waals surface area contributed by atoms with E-state index in [1.165, 1.54) is 17.8 Å². The molecule has 1 aliphatic rings. The Balaban J connectivity index is 2.00. The molecule has 0 spiro atoms. The molecular formula is C13H15N3OS. The molecule has 1 aromatic rings. The molecule has 0 unspecified atom stereocenters. The van der Waals surface area contributed by atoms with Crippen LogP contribution in [0.2, 0.25) is 0 Å². The summed E-state index contributed by atoms with van der Waals surface area (Å²) in [4.78, 5) is 16.0. The Hall–Kier alpha value is -1.67. The minimum atomic E-state index is -0.278. The number of rotatable bonds is 3. The maximum Gasteiger partial charge on any atom is 0.262 e. The summed E-state index contributed by atoms with van der Waals surface area (Å²) in [5, 5.41) is 14.5. The highest BCUT2D eigenvalue weighted by molar-refractivity contribution is 7.10. The van der Waals surface area contributed by atoms with Gasteiger partial charge in [0.05, 0.1) is 0 Å². The smallest absolute Gasteiger partial charge is 0.262 e. The van der Waals surface area contributed by atoms with E-state index < -0.39 is 0 Å². The third-order valence-corrected chi connectivity index (χ3v) is 3.75. The highest BCUT2D eigenvalue weighted by Crippen LogP contribution is 2.18. The molecule has 18 heavy (non-hydrogen) atoms. The van der Waals surface area contributed by atoms with Crippen molar-refractivity contribution in [2.45, 2.75) is 38.1 Å². The van der Waals surface area contributed by atoms with E-state index in [-0.39, 0.29) is 17.5 Å². The fourth-order valence-corrected chi connectivity index (χ4v) is 2.66. The maximum absolute atomic E-state index is 11.9. The van der Waals surface area contributed by atoms with Gasteiger partial charge in [0.15, 0.2) is 0 Å². The van der Waals surface area contributed by atoms with E-state index in [2.05, 4.69) is 10.3 Å². The Morgan fingerprint density at radius 3 is 2.89 bits per heavy atom. The molecule has 1 heterocycles. The number of thiazole rings is 1. The second kappa shape index (κ2) is 6.31. The van der Waals surface area contributed by atoms with Crippen molar-refractivity contribution in [2.24, 2.45) is 0 Å². The van der Waals surface area contributed by atoms with Gasteiger partial charge >= 0.3 is 0 Å². The van der Waals surface area contributed by atoms with Crippen LogP contribution in [0, 0.1) is 11.3 Å². The molecular weight excluding hydrogens is 246 g/mol. The second-order valence-corrected chi connectivity index (χ2v) is 5.27. The summed E-state index contributed by atoms with van der Waals surface area (Å²) in [5.74, 6) is -0.278. The van der Waals surface area contributed by atoms with Crippen LogP contribution in [0.3, 0.4) is 0 Å². The first kappa shape index (κ1) is 12.8. The maximum atomic E-state index is 11.9. The molecule has 1 saturated carbocycles. The molecule has 0 bridgehead atoms. The molecule has 0 aliphatic heterocycles. The van der Waals surface area contributed by atoms with E-state index >= 15 is 0 Å². The molecule has 0 radical (unpaired) electrons. The first-order chi connectivity index (χ1) is 8.79. The zero-order valence-corrected chi connectivity index (χ0v) is 10.9. The third kappa shape index (κ3) is 3.41. The molecule has 1 aliphatic carbocycles. The van der Waals surface area contributed by atoms with Crippen LogP contribution in [0.1, 0.15) is 37.1 Å². The van der Waals surface area contributed by atoms with Crippen molar-refractivity contribution in [2.75, 3.05) is 0 Å². The molecule has 0 saturated heterocycles. The average molecular weight is 261 g/mol. The van der Waals surface area contributed by atoms with Crippen molar-refractivity contribution < 1.29 is 4.79 Å². The van der Waals surface area contributed by atoms with Gasteiger partial charge in [-0.25, -0.2) is 4.98 Å². The zero-order chi connectivity index (χ0) is 12.8. The lowest BCUT2D eigenvalue weighted by atomic mass is 9.95. The quantitative estimate of drug-likeness (QED) is 0.671. The van der Waals surface area contributed by atoms with Gasteiger partial charge in [-0.1, -0.05) is 19.3 Å². The largest absolute Gasteiger partial charge is 0.349 e. The number of nitrogens with one attached hydrogen (secondary N) is 1. The highest BCUT2D eigenvalue weighted by atomic mass is 32.1. The van der Waals surface area contributed by atoms with Crippen LogP contribution in [0.25, 0.3) is 6.08 Å². The van der Waals surface area contributed by atoms with Crippen LogP contribution in [0.15, 0.2) is 17.2 Å². The van der Waals surface area contributed by atoms with Crippen molar-refractivity contribution in [3.05, 3.63) is 22.2 Å². The van der Waals surface area contributed by atoms with Crippen molar-refractivity contribution in [3.8, 4) is 6.07 Å². The summed E-state index contributed by atoms with van der Waals surface area (Å²) < 4.78 is 0. The minimum absolute atomic E-state index is 0.135. The van der Waals surface area contributed by atoms with Gasteiger partial charge in [0.2, 0.25) is 0 Å². The number of nitrogens with zero attached hydrogens (tertiary/aromatic N) is 2. The molecule has 4 nitrogen and oxygen atoms in total. The summed E-state index contributed by atoms with van der Waals surface area (Å²) in [6, 6.07) is 2.17. The van der Waals surface area contributed by atoms with E-state index in [0.29, 0.717) is 5.01 Å². The molecule has 94 valence electrons. The van der Waals surface area contributed by atoms with Crippen molar-refractivity contribution >= 4 is 23.3 Å². The Bertz CT molecular complexity index is 467. The zero-order valence-electron chi connectivity index (χ0n) is 10.1. The van der Waals surface area contributed by atoms with Crippen LogP contribution in [-0.2, 0) is 4.79 Å². The monoisotopic (exact) mass is 261 g/mol. The molecule has 1 N–H and O–H groups in total. The van der Waals surface area contributed by atoms with Crippen LogP contribution < -0.4 is 5.32 Å². The first-order valence-corrected chi connectivity index (χ1v) is 6.99. The van der Waals surface area contributed by atoms with Gasteiger partial charge in [-0.2, -0.15) is 5.26 Å². The average Bonchev–Trinajstić information content (AvgIpc) is 2.90. The molecule has 0 aromatic carbocycles. The topological polar surface area (TPSA) is 65.8 Å². The Kier molecular flexibility index (Phi) is 4.48. The molecule has 1 amide bonds. The van der Waals surface area contributed by atoms with Gasteiger partial charge in [0.25, 0.3) is 5.91 Å². The third-order valence-electron chi connectivity index (χ3n) is 3.02. The predicted molar refractivity (Wildman–Crippen MR) is 70.7 cm³/mol. The predicted octanol–water partition coefficient (Wildman–Crippen LogP) is 2.50. The second-order valence-electron chi connectivity index (χ2n) is 4.35. The van der Waals surface area contributed by atoms with Crippen LogP contribution in [0.4, 0.5) is 0 Å². The van der Waals surface area contributed by atoms with Crippen molar-refractivity contribution in [3.63, 3.8) is 0 Å². The first-order valence-electron chi connectivity index (χ1n) is 6.12. The number of carbonyl (C=O) groups excluding carboxylic acids is 1. The lowest BCUT2D eigenvalue weighted by molar-refractivity contribution is -0.117. The Labute approximate surface area is 110 Å². The number of aromatic nitrogens is 1. The molecule has 2 rings (SSSR count). The Morgan fingerprint density at radius 1 is 1.50 bits per heavy atom. The van der Waals surface area contributed by atoms with Gasteiger partial charge < -0.3 is 5.32 Å². The SMILES string of the molecule is N#C/C(=C/c1nccs1)C(=O)NC1CCCCC1. The van der Waals surface area contributed by atoms with E-state index in [1.807, 2.05) is 11.4 Å². The molecule has 1 aromatic heterocycles. The molecule has 5 heteroatoms. The van der Waals surface area contributed by atoms with Gasteiger partial charge in [-0.05, 0) is 18.9 Å². The highest BCUT2D eigenvalue weighted by Gasteiger charge is 2.18. The molecule has 1 fully saturated rings. The van der Waals surface area contributed by atoms with E-state index in [4.69, 9.17) is 5.26 Å². The number of nitriles is 1. The van der Waals surface area contributed by atoms with Crippen LogP contribution >= 0.6 is 11.3 Å². The number of carbonyl (C=O) groups is 1. The van der Waals surface area contributed by atoms with Crippen LogP contribution in [0.5, 0.6) is 0 Å². The lowest BCUT2D eigenvalue weighted by Crippen LogP contribution is -2.36. The van der Waals surface area contributed by atoms with Gasteiger partial charge in [-0.3, -0.25) is 4.79 Å². The standard InChI is InChI=1S/C13H15N3OS/c14-9-10(8-12-15-6-7-18-12)13(17)16-11-4-2-1-3-5-11/h6-8,11H,1-5H2,(H,16,17)/b10-8-. The van der Waals surface area contributed by atoms with E-state index in [0.717, 1.165) is 25.7 Å². The summed E-state index contributed by atoms with van der Waals surface area (Å²) in [5.41, 5.74) is 0.135. The fraction of sp³-hybridized carbons (Fsp3) is 0.462. The van der Waals surface area contributed by atoms with Crippen LogP contribution in [-0.4, -0.2) is 16.9 Å². The summed E-state index contributed by atoms with van der Waals surface area (Å²) >= 11 is 1.41. The van der Waals surface area contributed by atoms with E-state index in [9.17, 15) is 4.79 Å². The minimum Gasteiger partial charge on any atom is -0.349 e. The molecule has 0 atom stereocenters. The van der Waals surface area contributed by atoms with E-state index in [1.54, 1.807) is 12.3 Å². The normalized spacial score (nSPS) is 17.2. The number of hydrogen-bond acceptors (Lipinski definition) is 4. The fourth-order valence-electron chi connectivity index (χ4n) is 2.09. The summed E-state index contributed by atoms with van der Waals surface area (Å²) in [7, 11) is 0.